The van der Waals surface area contributed by atoms with Gasteiger partial charge in [-0.2, -0.15) is 8.42 Å². The van der Waals surface area contributed by atoms with Crippen LogP contribution in [0.1, 0.15) is 5.56 Å². The van der Waals surface area contributed by atoms with Gasteiger partial charge in [-0.25, -0.2) is 8.70 Å². The summed E-state index contributed by atoms with van der Waals surface area (Å²) in [5.41, 5.74) is 1.46. The van der Waals surface area contributed by atoms with Crippen LogP contribution in [0.5, 0.6) is 5.75 Å². The number of allylic oxidation sites excluding steroid dienone is 1. The minimum absolute atomic E-state index is 0.00469. The topological polar surface area (TPSA) is 82.5 Å². The summed E-state index contributed by atoms with van der Waals surface area (Å²) in [6.45, 7) is 2.00. The van der Waals surface area contributed by atoms with Crippen LogP contribution in [-0.2, 0) is 15.0 Å². The Bertz CT molecular complexity index is 1190. The number of halogens is 1. The van der Waals surface area contributed by atoms with E-state index >= 15 is 0 Å². The smallest absolute Gasteiger partial charge is 0.345 e. The van der Waals surface area contributed by atoms with Crippen molar-refractivity contribution in [1.29, 1.82) is 0 Å². The van der Waals surface area contributed by atoms with Crippen molar-refractivity contribution in [2.75, 3.05) is 45.2 Å². The van der Waals surface area contributed by atoms with Gasteiger partial charge in [0.25, 0.3) is 5.91 Å². The van der Waals surface area contributed by atoms with Crippen LogP contribution >= 0.6 is 0 Å². The molecule has 0 radical (unpaired) electrons. The number of likely N-dealkylation sites (N-methyl/N-ethyl adjacent to an activating group) is 1. The molecule has 0 unspecified atom stereocenters. The monoisotopic (exact) mass is 458 g/mol. The lowest BCUT2D eigenvalue weighted by atomic mass is 10.1. The molecule has 0 bridgehead atoms. The van der Waals surface area contributed by atoms with Crippen molar-refractivity contribution in [3.8, 4) is 5.75 Å². The number of ether oxygens (including phenoxy) is 1. The van der Waals surface area contributed by atoms with Crippen LogP contribution in [0, 0.1) is 5.82 Å². The average molecular weight is 459 g/mol. The highest BCUT2D eigenvalue weighted by Gasteiger charge is 2.33. The molecule has 2 aromatic rings. The normalized spacial score (nSPS) is 18.2. The first-order valence-corrected chi connectivity index (χ1v) is 11.4. The Kier molecular flexibility index (Phi) is 5.88. The van der Waals surface area contributed by atoms with Gasteiger partial charge in [0.05, 0.1) is 18.5 Å². The number of para-hydroxylation sites is 2. The minimum atomic E-state index is -4.08. The second-order valence-electron chi connectivity index (χ2n) is 7.41. The molecule has 1 amide bonds. The molecular formula is C22H23FN4O4S. The van der Waals surface area contributed by atoms with Crippen molar-refractivity contribution in [3.63, 3.8) is 0 Å². The standard InChI is InChI=1S/C22H23FN4O4S/c1-25-20(15-18(24-32(25,29)30)16-7-9-17(23)10-8-16)22(28)27-13-11-26(12-14-27)19-5-3-4-6-21(19)31-2/h3-10,15H,11-14H2,1-2H3. The summed E-state index contributed by atoms with van der Waals surface area (Å²) in [6, 6.07) is 13.0. The van der Waals surface area contributed by atoms with E-state index in [-0.39, 0.29) is 11.4 Å². The number of carbonyl (C=O) groups is 1. The number of carbonyl (C=O) groups excluding carboxylic acids is 1. The predicted octanol–water partition coefficient (Wildman–Crippen LogP) is 2.05. The van der Waals surface area contributed by atoms with Crippen LogP contribution < -0.4 is 9.64 Å². The fourth-order valence-electron chi connectivity index (χ4n) is 3.71. The lowest BCUT2D eigenvalue weighted by molar-refractivity contribution is -0.128. The van der Waals surface area contributed by atoms with Crippen LogP contribution in [0.4, 0.5) is 10.1 Å². The quantitative estimate of drug-likeness (QED) is 0.701. The Balaban J connectivity index is 1.54. The van der Waals surface area contributed by atoms with Gasteiger partial charge in [0.1, 0.15) is 17.3 Å². The molecule has 32 heavy (non-hydrogen) atoms. The highest BCUT2D eigenvalue weighted by atomic mass is 32.2. The van der Waals surface area contributed by atoms with Crippen molar-refractivity contribution in [1.82, 2.24) is 9.21 Å². The number of amides is 1. The third-order valence-corrected chi connectivity index (χ3v) is 6.84. The van der Waals surface area contributed by atoms with Crippen LogP contribution in [0.25, 0.3) is 0 Å². The van der Waals surface area contributed by atoms with Gasteiger partial charge in [-0.05, 0) is 42.5 Å². The van der Waals surface area contributed by atoms with E-state index in [1.54, 1.807) is 12.0 Å². The van der Waals surface area contributed by atoms with Gasteiger partial charge in [0.15, 0.2) is 0 Å². The fraction of sp³-hybridized carbons (Fsp3) is 0.273. The Hall–Kier alpha value is -3.40. The molecule has 2 aromatic carbocycles. The van der Waals surface area contributed by atoms with Crippen molar-refractivity contribution in [2.24, 2.45) is 4.40 Å². The Labute approximate surface area is 186 Å². The minimum Gasteiger partial charge on any atom is -0.495 e. The molecule has 0 atom stereocenters. The molecule has 2 aliphatic heterocycles. The van der Waals surface area contributed by atoms with Crippen LogP contribution in [0.15, 0.2) is 64.7 Å². The van der Waals surface area contributed by atoms with E-state index in [0.717, 1.165) is 15.7 Å². The molecule has 1 saturated heterocycles. The van der Waals surface area contributed by atoms with E-state index in [4.69, 9.17) is 4.74 Å². The zero-order valence-electron chi connectivity index (χ0n) is 17.7. The number of rotatable bonds is 4. The fourth-order valence-corrected chi connectivity index (χ4v) is 4.62. The van der Waals surface area contributed by atoms with Crippen LogP contribution in [0.2, 0.25) is 0 Å². The van der Waals surface area contributed by atoms with Gasteiger partial charge in [-0.1, -0.05) is 12.1 Å². The summed E-state index contributed by atoms with van der Waals surface area (Å²) >= 11 is 0. The van der Waals surface area contributed by atoms with Crippen LogP contribution in [0.3, 0.4) is 0 Å². The van der Waals surface area contributed by atoms with Crippen molar-refractivity contribution in [2.45, 2.75) is 0 Å². The Morgan fingerprint density at radius 2 is 1.69 bits per heavy atom. The highest BCUT2D eigenvalue weighted by molar-refractivity contribution is 7.88. The number of benzene rings is 2. The molecule has 168 valence electrons. The maximum absolute atomic E-state index is 13.3. The second kappa shape index (κ2) is 8.62. The third-order valence-electron chi connectivity index (χ3n) is 5.52. The largest absolute Gasteiger partial charge is 0.495 e. The molecule has 2 aliphatic rings. The molecule has 0 N–H and O–H groups in total. The highest BCUT2D eigenvalue weighted by Crippen LogP contribution is 2.29. The Morgan fingerprint density at radius 3 is 2.34 bits per heavy atom. The van der Waals surface area contributed by atoms with Gasteiger partial charge >= 0.3 is 10.2 Å². The van der Waals surface area contributed by atoms with Gasteiger partial charge in [-0.3, -0.25) is 4.79 Å². The number of hydrogen-bond donors (Lipinski definition) is 0. The molecule has 2 heterocycles. The number of nitrogens with zero attached hydrogens (tertiary/aromatic N) is 4. The summed E-state index contributed by atoms with van der Waals surface area (Å²) in [4.78, 5) is 17.0. The van der Waals surface area contributed by atoms with E-state index in [2.05, 4.69) is 9.30 Å². The molecule has 10 heteroatoms. The summed E-state index contributed by atoms with van der Waals surface area (Å²) in [5.74, 6) is -0.0863. The van der Waals surface area contributed by atoms with Crippen molar-refractivity contribution in [3.05, 3.63) is 71.7 Å². The summed E-state index contributed by atoms with van der Waals surface area (Å²) in [6.07, 6.45) is 1.43. The third kappa shape index (κ3) is 4.18. The van der Waals surface area contributed by atoms with Gasteiger partial charge in [0, 0.05) is 38.8 Å². The predicted molar refractivity (Wildman–Crippen MR) is 119 cm³/mol. The number of hydrogen-bond acceptors (Lipinski definition) is 5. The van der Waals surface area contributed by atoms with Gasteiger partial charge < -0.3 is 14.5 Å². The zero-order valence-corrected chi connectivity index (χ0v) is 18.5. The van der Waals surface area contributed by atoms with E-state index in [0.29, 0.717) is 31.7 Å². The number of piperazine rings is 1. The van der Waals surface area contributed by atoms with E-state index in [1.165, 1.54) is 37.4 Å². The van der Waals surface area contributed by atoms with Crippen molar-refractivity contribution < 1.29 is 22.3 Å². The maximum atomic E-state index is 13.3. The van der Waals surface area contributed by atoms with Crippen LogP contribution in [-0.4, -0.2) is 69.6 Å². The Morgan fingerprint density at radius 1 is 1.03 bits per heavy atom. The molecular weight excluding hydrogens is 435 g/mol. The second-order valence-corrected chi connectivity index (χ2v) is 9.04. The van der Waals surface area contributed by atoms with E-state index in [9.17, 15) is 17.6 Å². The lowest BCUT2D eigenvalue weighted by Crippen LogP contribution is -2.51. The number of anilines is 1. The average Bonchev–Trinajstić information content (AvgIpc) is 2.81. The maximum Gasteiger partial charge on any atom is 0.345 e. The molecule has 0 aromatic heterocycles. The molecule has 8 nitrogen and oxygen atoms in total. The zero-order chi connectivity index (χ0) is 22.9. The van der Waals surface area contributed by atoms with E-state index in [1.807, 2.05) is 24.3 Å². The van der Waals surface area contributed by atoms with Gasteiger partial charge in [-0.15, -0.1) is 4.40 Å². The molecule has 0 saturated carbocycles. The first kappa shape index (κ1) is 21.8. The van der Waals surface area contributed by atoms with Crippen molar-refractivity contribution >= 4 is 27.5 Å². The molecule has 1 fully saturated rings. The van der Waals surface area contributed by atoms with E-state index < -0.39 is 21.9 Å². The molecule has 4 rings (SSSR count). The summed E-state index contributed by atoms with van der Waals surface area (Å²) in [7, 11) is -1.16. The lowest BCUT2D eigenvalue weighted by Gasteiger charge is -2.37. The number of methoxy groups -OCH3 is 1. The molecule has 0 aliphatic carbocycles. The first-order chi connectivity index (χ1) is 15.3. The summed E-state index contributed by atoms with van der Waals surface area (Å²) < 4.78 is 48.5. The summed E-state index contributed by atoms with van der Waals surface area (Å²) in [5, 5.41) is 0. The van der Waals surface area contributed by atoms with Gasteiger partial charge in [0.2, 0.25) is 0 Å². The SMILES string of the molecule is COc1ccccc1N1CCN(C(=O)C2=CC(c3ccc(F)cc3)=NS(=O)(=O)N2C)CC1. The molecule has 0 spiro atoms. The first-order valence-electron chi connectivity index (χ1n) is 10.0.